The van der Waals surface area contributed by atoms with Crippen LogP contribution in [0.3, 0.4) is 0 Å². The first-order valence-corrected chi connectivity index (χ1v) is 8.89. The van der Waals surface area contributed by atoms with Crippen molar-refractivity contribution in [1.82, 2.24) is 4.31 Å². The van der Waals surface area contributed by atoms with Crippen LogP contribution in [0.25, 0.3) is 0 Å². The van der Waals surface area contributed by atoms with Gasteiger partial charge in [-0.3, -0.25) is 0 Å². The summed E-state index contributed by atoms with van der Waals surface area (Å²) in [6.07, 6.45) is -3.46. The zero-order valence-corrected chi connectivity index (χ0v) is 13.7. The number of aryl methyl sites for hydroxylation is 1. The molecule has 0 saturated heterocycles. The summed E-state index contributed by atoms with van der Waals surface area (Å²) in [6, 6.07) is 11.3. The molecule has 0 aromatic heterocycles. The van der Waals surface area contributed by atoms with Gasteiger partial charge in [0.25, 0.3) is 0 Å². The smallest absolute Gasteiger partial charge is 0.207 e. The van der Waals surface area contributed by atoms with Crippen molar-refractivity contribution >= 4 is 10.0 Å². The average molecular weight is 355 g/mol. The van der Waals surface area contributed by atoms with Crippen LogP contribution in [-0.2, 0) is 22.6 Å². The molecule has 0 fully saturated rings. The van der Waals surface area contributed by atoms with Gasteiger partial charge in [0.05, 0.1) is 16.5 Å². The number of hydrogen-bond donors (Lipinski definition) is 0. The third-order valence-corrected chi connectivity index (χ3v) is 6.31. The van der Waals surface area contributed by atoms with Crippen molar-refractivity contribution in [3.63, 3.8) is 0 Å². The maximum Gasteiger partial charge on any atom is 0.417 e. The van der Waals surface area contributed by atoms with Crippen molar-refractivity contribution < 1.29 is 21.6 Å². The van der Waals surface area contributed by atoms with E-state index in [0.29, 0.717) is 12.8 Å². The zero-order valence-electron chi connectivity index (χ0n) is 12.9. The van der Waals surface area contributed by atoms with E-state index >= 15 is 0 Å². The van der Waals surface area contributed by atoms with Crippen LogP contribution < -0.4 is 0 Å². The Balaban J connectivity index is 2.04. The molecule has 3 rings (SSSR count). The molecule has 24 heavy (non-hydrogen) atoms. The minimum absolute atomic E-state index is 0.451. The highest BCUT2D eigenvalue weighted by molar-refractivity contribution is 7.89. The minimum atomic E-state index is -4.72. The van der Waals surface area contributed by atoms with E-state index in [9.17, 15) is 21.6 Å². The monoisotopic (exact) mass is 355 g/mol. The predicted molar refractivity (Wildman–Crippen MR) is 83.9 cm³/mol. The number of rotatable bonds is 3. The van der Waals surface area contributed by atoms with Crippen LogP contribution in [0.5, 0.6) is 0 Å². The summed E-state index contributed by atoms with van der Waals surface area (Å²) in [4.78, 5) is -0.704. The Morgan fingerprint density at radius 2 is 1.67 bits per heavy atom. The van der Waals surface area contributed by atoms with Crippen molar-refractivity contribution in [2.45, 2.75) is 30.0 Å². The Morgan fingerprint density at radius 1 is 1.04 bits per heavy atom. The molecule has 1 atom stereocenters. The van der Waals surface area contributed by atoms with Crippen LogP contribution in [0.2, 0.25) is 0 Å². The van der Waals surface area contributed by atoms with Crippen molar-refractivity contribution in [1.29, 1.82) is 0 Å². The Morgan fingerprint density at radius 3 is 2.38 bits per heavy atom. The Kier molecular flexibility index (Phi) is 4.17. The van der Waals surface area contributed by atoms with E-state index < -0.39 is 32.7 Å². The fourth-order valence-corrected chi connectivity index (χ4v) is 4.74. The fourth-order valence-electron chi connectivity index (χ4n) is 3.16. The normalized spacial score (nSPS) is 18.0. The summed E-state index contributed by atoms with van der Waals surface area (Å²) in [5.41, 5.74) is 0.754. The third kappa shape index (κ3) is 2.82. The summed E-state index contributed by atoms with van der Waals surface area (Å²) in [5, 5.41) is 0. The zero-order chi connectivity index (χ0) is 17.5. The van der Waals surface area contributed by atoms with E-state index in [1.54, 1.807) is 6.07 Å². The van der Waals surface area contributed by atoms with Crippen molar-refractivity contribution in [2.75, 3.05) is 7.05 Å². The molecule has 0 saturated carbocycles. The molecule has 0 spiro atoms. The Hall–Kier alpha value is -1.86. The molecule has 0 radical (unpaired) electrons. The molecule has 2 aromatic carbocycles. The van der Waals surface area contributed by atoms with Gasteiger partial charge < -0.3 is 0 Å². The van der Waals surface area contributed by atoms with Crippen LogP contribution in [0.4, 0.5) is 13.2 Å². The number of benzene rings is 2. The van der Waals surface area contributed by atoms with Crippen LogP contribution in [0.1, 0.15) is 29.2 Å². The Labute approximate surface area is 138 Å². The molecule has 0 aliphatic heterocycles. The standard InChI is InChI=1S/C17H16F3NO2S/c1-21(15-11-10-12-6-2-3-7-13(12)15)24(22,23)16-9-5-4-8-14(16)17(18,19)20/h2-9,15H,10-11H2,1H3. The van der Waals surface area contributed by atoms with Crippen LogP contribution >= 0.6 is 0 Å². The second kappa shape index (κ2) is 5.89. The third-order valence-electron chi connectivity index (χ3n) is 4.39. The summed E-state index contributed by atoms with van der Waals surface area (Å²) >= 11 is 0. The molecule has 1 aliphatic rings. The van der Waals surface area contributed by atoms with Crippen molar-refractivity contribution in [3.8, 4) is 0 Å². The lowest BCUT2D eigenvalue weighted by molar-refractivity contribution is -0.139. The largest absolute Gasteiger partial charge is 0.417 e. The van der Waals surface area contributed by atoms with Gasteiger partial charge in [0.15, 0.2) is 0 Å². The minimum Gasteiger partial charge on any atom is -0.207 e. The Bertz CT molecular complexity index is 862. The van der Waals surface area contributed by atoms with Crippen LogP contribution in [0.15, 0.2) is 53.4 Å². The van der Waals surface area contributed by atoms with Crippen LogP contribution in [0, 0.1) is 0 Å². The summed E-state index contributed by atoms with van der Waals surface area (Å²) in [7, 11) is -2.92. The quantitative estimate of drug-likeness (QED) is 0.834. The van der Waals surface area contributed by atoms with E-state index in [2.05, 4.69) is 0 Å². The summed E-state index contributed by atoms with van der Waals surface area (Å²) in [6.45, 7) is 0. The van der Waals surface area contributed by atoms with Gasteiger partial charge in [-0.2, -0.15) is 17.5 Å². The first-order chi connectivity index (χ1) is 11.2. The molecule has 128 valence electrons. The molecule has 1 aliphatic carbocycles. The lowest BCUT2D eigenvalue weighted by atomic mass is 10.1. The molecule has 7 heteroatoms. The topological polar surface area (TPSA) is 37.4 Å². The van der Waals surface area contributed by atoms with E-state index in [4.69, 9.17) is 0 Å². The van der Waals surface area contributed by atoms with Crippen LogP contribution in [-0.4, -0.2) is 19.8 Å². The fraction of sp³-hybridized carbons (Fsp3) is 0.294. The highest BCUT2D eigenvalue weighted by Gasteiger charge is 2.40. The van der Waals surface area contributed by atoms with E-state index in [1.807, 2.05) is 18.2 Å². The van der Waals surface area contributed by atoms with Gasteiger partial charge in [-0.15, -0.1) is 0 Å². The molecule has 0 amide bonds. The summed E-state index contributed by atoms with van der Waals surface area (Å²) in [5.74, 6) is 0. The molecule has 1 unspecified atom stereocenters. The van der Waals surface area contributed by atoms with Crippen molar-refractivity contribution in [3.05, 3.63) is 65.2 Å². The molecule has 0 heterocycles. The molecule has 0 bridgehead atoms. The van der Waals surface area contributed by atoms with Gasteiger partial charge in [0.2, 0.25) is 10.0 Å². The van der Waals surface area contributed by atoms with E-state index in [-0.39, 0.29) is 0 Å². The number of nitrogens with zero attached hydrogens (tertiary/aromatic N) is 1. The lowest BCUT2D eigenvalue weighted by Gasteiger charge is -2.26. The second-order valence-corrected chi connectivity index (χ2v) is 7.73. The van der Waals surface area contributed by atoms with E-state index in [1.165, 1.54) is 19.2 Å². The SMILES string of the molecule is CN(C1CCc2ccccc21)S(=O)(=O)c1ccccc1C(F)(F)F. The first kappa shape index (κ1) is 17.0. The van der Waals surface area contributed by atoms with Gasteiger partial charge in [0.1, 0.15) is 0 Å². The summed E-state index contributed by atoms with van der Waals surface area (Å²) < 4.78 is 66.2. The highest BCUT2D eigenvalue weighted by Crippen LogP contribution is 2.40. The molecular formula is C17H16F3NO2S. The van der Waals surface area contributed by atoms with Gasteiger partial charge in [0, 0.05) is 7.05 Å². The average Bonchev–Trinajstić information content (AvgIpc) is 2.97. The predicted octanol–water partition coefficient (Wildman–Crippen LogP) is 4.01. The molecule has 2 aromatic rings. The maximum atomic E-state index is 13.2. The lowest BCUT2D eigenvalue weighted by Crippen LogP contribution is -2.31. The number of halogens is 3. The number of fused-ring (bicyclic) bond motifs is 1. The number of hydrogen-bond acceptors (Lipinski definition) is 2. The number of alkyl halides is 3. The van der Waals surface area contributed by atoms with Gasteiger partial charge >= 0.3 is 6.18 Å². The van der Waals surface area contributed by atoms with Gasteiger partial charge in [-0.25, -0.2) is 8.42 Å². The van der Waals surface area contributed by atoms with E-state index in [0.717, 1.165) is 27.6 Å². The van der Waals surface area contributed by atoms with Gasteiger partial charge in [-0.05, 0) is 36.1 Å². The number of sulfonamides is 1. The molecule has 0 N–H and O–H groups in total. The second-order valence-electron chi connectivity index (χ2n) is 5.77. The molecule has 3 nitrogen and oxygen atoms in total. The van der Waals surface area contributed by atoms with Crippen molar-refractivity contribution in [2.24, 2.45) is 0 Å². The van der Waals surface area contributed by atoms with Gasteiger partial charge in [-0.1, -0.05) is 36.4 Å². The molecular weight excluding hydrogens is 339 g/mol. The first-order valence-electron chi connectivity index (χ1n) is 7.45. The highest BCUT2D eigenvalue weighted by atomic mass is 32.2. The maximum absolute atomic E-state index is 13.2.